The van der Waals surface area contributed by atoms with Crippen LogP contribution in [0.3, 0.4) is 0 Å². The monoisotopic (exact) mass is 387 g/mol. The molecule has 2 fully saturated rings. The molecule has 3 rings (SSSR count). The first-order chi connectivity index (χ1) is 13.4. The van der Waals surface area contributed by atoms with Crippen LogP contribution in [0.2, 0.25) is 0 Å². The van der Waals surface area contributed by atoms with Crippen LogP contribution in [0, 0.1) is 10.1 Å². The fourth-order valence-corrected chi connectivity index (χ4v) is 4.30. The Morgan fingerprint density at radius 3 is 2.57 bits per heavy atom. The van der Waals surface area contributed by atoms with Gasteiger partial charge in [-0.05, 0) is 26.2 Å². The minimum Gasteiger partial charge on any atom is -0.351 e. The summed E-state index contributed by atoms with van der Waals surface area (Å²) >= 11 is 0. The van der Waals surface area contributed by atoms with Crippen molar-refractivity contribution in [2.24, 2.45) is 0 Å². The van der Waals surface area contributed by atoms with Crippen molar-refractivity contribution in [2.75, 3.05) is 0 Å². The van der Waals surface area contributed by atoms with Crippen LogP contribution in [-0.2, 0) is 20.9 Å². The van der Waals surface area contributed by atoms with Crippen molar-refractivity contribution < 1.29 is 19.3 Å². The number of likely N-dealkylation sites (tertiary alicyclic amines) is 1. The Bertz CT molecular complexity index is 803. The quantitative estimate of drug-likeness (QED) is 0.458. The van der Waals surface area contributed by atoms with E-state index in [1.165, 1.54) is 17.9 Å². The van der Waals surface area contributed by atoms with E-state index in [1.807, 2.05) is 0 Å². The first kappa shape index (κ1) is 20.0. The fraction of sp³-hybridized carbons (Fsp3) is 0.550. The topological polar surface area (TPSA) is 110 Å². The summed E-state index contributed by atoms with van der Waals surface area (Å²) in [5.74, 6) is -1.21. The Balaban J connectivity index is 1.91. The molecule has 1 aromatic carbocycles. The second-order valence-electron chi connectivity index (χ2n) is 7.59. The first-order valence-electron chi connectivity index (χ1n) is 9.71. The number of nitrogens with zero attached hydrogens (tertiary/aromatic N) is 2. The zero-order valence-corrected chi connectivity index (χ0v) is 16.0. The number of ketones is 1. The lowest BCUT2D eigenvalue weighted by Crippen LogP contribution is -2.62. The summed E-state index contributed by atoms with van der Waals surface area (Å²) in [6.45, 7) is 1.17. The second kappa shape index (κ2) is 8.08. The van der Waals surface area contributed by atoms with Crippen LogP contribution in [0.1, 0.15) is 57.4 Å². The van der Waals surface area contributed by atoms with Gasteiger partial charge in [-0.25, -0.2) is 0 Å². The number of nitrogens with one attached hydrogen (secondary N) is 1. The average Bonchev–Trinajstić information content (AvgIpc) is 3.00. The van der Waals surface area contributed by atoms with Crippen LogP contribution >= 0.6 is 0 Å². The molecule has 1 aromatic rings. The highest BCUT2D eigenvalue weighted by Crippen LogP contribution is 2.35. The third kappa shape index (κ3) is 3.63. The molecule has 1 saturated carbocycles. The molecule has 28 heavy (non-hydrogen) atoms. The minimum absolute atomic E-state index is 0.00101. The summed E-state index contributed by atoms with van der Waals surface area (Å²) in [6.07, 6.45) is 5.06. The lowest BCUT2D eigenvalue weighted by molar-refractivity contribution is -0.385. The number of nitro benzene ring substituents is 1. The summed E-state index contributed by atoms with van der Waals surface area (Å²) in [4.78, 5) is 50.4. The normalized spacial score (nSPS) is 22.9. The van der Waals surface area contributed by atoms with Gasteiger partial charge in [-0.15, -0.1) is 0 Å². The number of amides is 2. The lowest BCUT2D eigenvalue weighted by atomic mass is 9.88. The molecule has 1 saturated heterocycles. The number of rotatable bonds is 6. The van der Waals surface area contributed by atoms with E-state index < -0.39 is 22.2 Å². The van der Waals surface area contributed by atoms with Crippen LogP contribution in [-0.4, -0.2) is 39.0 Å². The number of carbonyl (C=O) groups excluding carboxylic acids is 3. The third-order valence-corrected chi connectivity index (χ3v) is 5.88. The molecule has 0 aromatic heterocycles. The Kier molecular flexibility index (Phi) is 5.76. The van der Waals surface area contributed by atoms with Crippen LogP contribution < -0.4 is 5.32 Å². The number of Topliss-reactive ketones (excluding diaryl/α,β-unsaturated/α-hetero) is 1. The molecule has 1 heterocycles. The van der Waals surface area contributed by atoms with Gasteiger partial charge in [0.1, 0.15) is 0 Å². The Morgan fingerprint density at radius 1 is 1.25 bits per heavy atom. The molecule has 0 bridgehead atoms. The van der Waals surface area contributed by atoms with Crippen molar-refractivity contribution in [3.63, 3.8) is 0 Å². The van der Waals surface area contributed by atoms with Crippen LogP contribution in [0.25, 0.3) is 0 Å². The molecular formula is C20H25N3O5. The smallest absolute Gasteiger partial charge is 0.274 e. The largest absolute Gasteiger partial charge is 0.351 e. The highest BCUT2D eigenvalue weighted by atomic mass is 16.6. The van der Waals surface area contributed by atoms with Gasteiger partial charge in [-0.3, -0.25) is 24.5 Å². The summed E-state index contributed by atoms with van der Waals surface area (Å²) < 4.78 is 0. The van der Waals surface area contributed by atoms with Crippen molar-refractivity contribution in [1.82, 2.24) is 10.2 Å². The van der Waals surface area contributed by atoms with E-state index in [0.29, 0.717) is 5.56 Å². The van der Waals surface area contributed by atoms with Gasteiger partial charge in [0.15, 0.2) is 11.3 Å². The van der Waals surface area contributed by atoms with Gasteiger partial charge in [0, 0.05) is 24.1 Å². The van der Waals surface area contributed by atoms with E-state index in [-0.39, 0.29) is 37.0 Å². The zero-order chi connectivity index (χ0) is 20.3. The first-order valence-corrected chi connectivity index (χ1v) is 9.71. The third-order valence-electron chi connectivity index (χ3n) is 5.88. The van der Waals surface area contributed by atoms with Gasteiger partial charge in [-0.2, -0.15) is 0 Å². The van der Waals surface area contributed by atoms with E-state index in [9.17, 15) is 24.5 Å². The van der Waals surface area contributed by atoms with Gasteiger partial charge in [-0.1, -0.05) is 37.5 Å². The standard InChI is InChI=1S/C20H25N3O5/c1-14(24)20(19(26)21-16-8-3-2-4-9-16)12-11-18(25)22(20)13-15-7-5-6-10-17(15)23(27)28/h5-7,10,16H,2-4,8-9,11-13H2,1H3,(H,21,26). The van der Waals surface area contributed by atoms with Gasteiger partial charge < -0.3 is 10.2 Å². The minimum atomic E-state index is -1.60. The average molecular weight is 387 g/mol. The zero-order valence-electron chi connectivity index (χ0n) is 16.0. The number of carbonyl (C=O) groups is 3. The van der Waals surface area contributed by atoms with E-state index in [0.717, 1.165) is 32.1 Å². The predicted octanol–water partition coefficient (Wildman–Crippen LogP) is 2.49. The fourth-order valence-electron chi connectivity index (χ4n) is 4.30. The highest BCUT2D eigenvalue weighted by Gasteiger charge is 2.55. The Labute approximate surface area is 163 Å². The summed E-state index contributed by atoms with van der Waals surface area (Å²) in [7, 11) is 0. The SMILES string of the molecule is CC(=O)C1(C(=O)NC2CCCCC2)CCC(=O)N1Cc1ccccc1[N+](=O)[O-]. The molecule has 0 spiro atoms. The van der Waals surface area contributed by atoms with E-state index in [4.69, 9.17) is 0 Å². The summed E-state index contributed by atoms with van der Waals surface area (Å²) in [6, 6.07) is 6.09. The van der Waals surface area contributed by atoms with Gasteiger partial charge in [0.05, 0.1) is 11.5 Å². The molecule has 8 nitrogen and oxygen atoms in total. The van der Waals surface area contributed by atoms with Crippen molar-refractivity contribution >= 4 is 23.3 Å². The van der Waals surface area contributed by atoms with E-state index in [2.05, 4.69) is 5.32 Å². The molecule has 0 radical (unpaired) electrons. The maximum absolute atomic E-state index is 13.2. The lowest BCUT2D eigenvalue weighted by Gasteiger charge is -2.36. The van der Waals surface area contributed by atoms with Gasteiger partial charge in [0.25, 0.3) is 11.6 Å². The van der Waals surface area contributed by atoms with Crippen LogP contribution in [0.5, 0.6) is 0 Å². The summed E-state index contributed by atoms with van der Waals surface area (Å²) in [5.41, 5.74) is -1.43. The van der Waals surface area contributed by atoms with E-state index in [1.54, 1.807) is 18.2 Å². The number of nitro groups is 1. The van der Waals surface area contributed by atoms with Crippen molar-refractivity contribution in [3.05, 3.63) is 39.9 Å². The second-order valence-corrected chi connectivity index (χ2v) is 7.59. The van der Waals surface area contributed by atoms with Crippen molar-refractivity contribution in [2.45, 2.75) is 70.0 Å². The maximum Gasteiger partial charge on any atom is 0.274 e. The molecule has 1 N–H and O–H groups in total. The molecule has 1 atom stereocenters. The number of para-hydroxylation sites is 1. The molecular weight excluding hydrogens is 362 g/mol. The van der Waals surface area contributed by atoms with Gasteiger partial charge >= 0.3 is 0 Å². The van der Waals surface area contributed by atoms with Crippen LogP contribution in [0.15, 0.2) is 24.3 Å². The molecule has 1 aliphatic heterocycles. The number of hydrogen-bond acceptors (Lipinski definition) is 5. The van der Waals surface area contributed by atoms with Crippen LogP contribution in [0.4, 0.5) is 5.69 Å². The highest BCUT2D eigenvalue weighted by molar-refractivity contribution is 6.13. The Morgan fingerprint density at radius 2 is 1.93 bits per heavy atom. The van der Waals surface area contributed by atoms with Crippen molar-refractivity contribution in [1.29, 1.82) is 0 Å². The van der Waals surface area contributed by atoms with Gasteiger partial charge in [0.2, 0.25) is 5.91 Å². The Hall–Kier alpha value is -2.77. The van der Waals surface area contributed by atoms with E-state index >= 15 is 0 Å². The maximum atomic E-state index is 13.2. The predicted molar refractivity (Wildman–Crippen MR) is 101 cm³/mol. The number of benzene rings is 1. The van der Waals surface area contributed by atoms with Crippen molar-refractivity contribution in [3.8, 4) is 0 Å². The molecule has 8 heteroatoms. The summed E-state index contributed by atoms with van der Waals surface area (Å²) in [5, 5.41) is 14.3. The molecule has 2 aliphatic rings. The molecule has 150 valence electrons. The molecule has 1 unspecified atom stereocenters. The molecule has 2 amide bonds. The number of hydrogen-bond donors (Lipinski definition) is 1. The molecule has 1 aliphatic carbocycles.